The number of nitrogens with one attached hydrogen (secondary N) is 1. The molecule has 0 aromatic heterocycles. The monoisotopic (exact) mass is 309 g/mol. The zero-order valence-corrected chi connectivity index (χ0v) is 13.0. The van der Waals surface area contributed by atoms with Gasteiger partial charge in [0.2, 0.25) is 0 Å². The molecule has 0 aliphatic heterocycles. The van der Waals surface area contributed by atoms with Gasteiger partial charge in [-0.2, -0.15) is 0 Å². The van der Waals surface area contributed by atoms with E-state index in [2.05, 4.69) is 18.3 Å². The second-order valence-electron chi connectivity index (χ2n) is 4.58. The van der Waals surface area contributed by atoms with Gasteiger partial charge in [0.15, 0.2) is 0 Å². The fourth-order valence-electron chi connectivity index (χ4n) is 2.08. The van der Waals surface area contributed by atoms with Gasteiger partial charge in [-0.05, 0) is 36.8 Å². The first-order valence-corrected chi connectivity index (χ1v) is 7.17. The van der Waals surface area contributed by atoms with Crippen molar-refractivity contribution in [2.24, 2.45) is 0 Å². The van der Waals surface area contributed by atoms with Gasteiger partial charge in [0.05, 0.1) is 7.11 Å². The summed E-state index contributed by atoms with van der Waals surface area (Å²) in [7, 11) is 1.68. The molecule has 0 bridgehead atoms. The third-order valence-electron chi connectivity index (χ3n) is 3.21. The minimum Gasteiger partial charge on any atom is -0.496 e. The topological polar surface area (TPSA) is 21.3 Å². The Hall–Kier alpha value is -1.22. The predicted octanol–water partition coefficient (Wildman–Crippen LogP) is 4.85. The molecule has 0 aliphatic rings. The molecule has 1 N–H and O–H groups in total. The van der Waals surface area contributed by atoms with Gasteiger partial charge in [-0.3, -0.25) is 0 Å². The summed E-state index contributed by atoms with van der Waals surface area (Å²) in [6.07, 6.45) is 0. The summed E-state index contributed by atoms with van der Waals surface area (Å²) in [6.45, 7) is 2.74. The van der Waals surface area contributed by atoms with Crippen LogP contribution in [0.3, 0.4) is 0 Å². The fourth-order valence-corrected chi connectivity index (χ4v) is 2.46. The van der Waals surface area contributed by atoms with E-state index in [0.29, 0.717) is 16.6 Å². The summed E-state index contributed by atoms with van der Waals surface area (Å²) in [5, 5.41) is 4.84. The molecular formula is C16H17Cl2NO. The van der Waals surface area contributed by atoms with Gasteiger partial charge < -0.3 is 10.1 Å². The van der Waals surface area contributed by atoms with Gasteiger partial charge in [0, 0.05) is 28.2 Å². The summed E-state index contributed by atoms with van der Waals surface area (Å²) in [5.74, 6) is 0.879. The van der Waals surface area contributed by atoms with Crippen LogP contribution in [0.2, 0.25) is 10.0 Å². The van der Waals surface area contributed by atoms with Crippen molar-refractivity contribution in [1.82, 2.24) is 5.32 Å². The molecule has 0 aliphatic carbocycles. The van der Waals surface area contributed by atoms with Crippen molar-refractivity contribution in [3.63, 3.8) is 0 Å². The van der Waals surface area contributed by atoms with E-state index in [1.165, 1.54) is 0 Å². The Morgan fingerprint density at radius 3 is 2.65 bits per heavy atom. The Labute approximate surface area is 129 Å². The van der Waals surface area contributed by atoms with Crippen LogP contribution in [0.15, 0.2) is 42.5 Å². The highest BCUT2D eigenvalue weighted by Gasteiger charge is 2.11. The van der Waals surface area contributed by atoms with E-state index in [1.807, 2.05) is 30.3 Å². The molecular weight excluding hydrogens is 293 g/mol. The maximum absolute atomic E-state index is 6.16. The lowest BCUT2D eigenvalue weighted by atomic mass is 10.1. The van der Waals surface area contributed by atoms with Gasteiger partial charge in [-0.1, -0.05) is 41.4 Å². The minimum atomic E-state index is 0.154. The van der Waals surface area contributed by atoms with Crippen LogP contribution in [-0.2, 0) is 6.54 Å². The van der Waals surface area contributed by atoms with Crippen LogP contribution < -0.4 is 10.1 Å². The van der Waals surface area contributed by atoms with E-state index in [4.69, 9.17) is 27.9 Å². The van der Waals surface area contributed by atoms with Gasteiger partial charge >= 0.3 is 0 Å². The van der Waals surface area contributed by atoms with Gasteiger partial charge in [0.1, 0.15) is 5.75 Å². The number of rotatable bonds is 5. The molecule has 0 fully saturated rings. The van der Waals surface area contributed by atoms with Gasteiger partial charge in [0.25, 0.3) is 0 Å². The second kappa shape index (κ2) is 6.98. The van der Waals surface area contributed by atoms with E-state index < -0.39 is 0 Å². The van der Waals surface area contributed by atoms with Crippen LogP contribution in [0.25, 0.3) is 0 Å². The van der Waals surface area contributed by atoms with E-state index in [9.17, 15) is 0 Å². The van der Waals surface area contributed by atoms with Crippen molar-refractivity contribution in [2.45, 2.75) is 19.5 Å². The van der Waals surface area contributed by atoms with Crippen LogP contribution in [0.4, 0.5) is 0 Å². The molecule has 20 heavy (non-hydrogen) atoms. The minimum absolute atomic E-state index is 0.154. The molecule has 1 atom stereocenters. The van der Waals surface area contributed by atoms with E-state index in [1.54, 1.807) is 13.2 Å². The first kappa shape index (κ1) is 15.2. The van der Waals surface area contributed by atoms with Crippen molar-refractivity contribution in [2.75, 3.05) is 7.11 Å². The molecule has 0 heterocycles. The zero-order chi connectivity index (χ0) is 14.5. The Morgan fingerprint density at radius 2 is 1.90 bits per heavy atom. The summed E-state index contributed by atoms with van der Waals surface area (Å²) < 4.78 is 5.37. The Morgan fingerprint density at radius 1 is 1.15 bits per heavy atom. The summed E-state index contributed by atoms with van der Waals surface area (Å²) >= 11 is 12.2. The highest BCUT2D eigenvalue weighted by Crippen LogP contribution is 2.26. The van der Waals surface area contributed by atoms with Crippen LogP contribution in [0.5, 0.6) is 5.75 Å². The lowest BCUT2D eigenvalue weighted by molar-refractivity contribution is 0.401. The molecule has 0 amide bonds. The van der Waals surface area contributed by atoms with Crippen molar-refractivity contribution in [1.29, 1.82) is 0 Å². The second-order valence-corrected chi connectivity index (χ2v) is 5.42. The van der Waals surface area contributed by atoms with Gasteiger partial charge in [-0.15, -0.1) is 0 Å². The number of halogens is 2. The molecule has 2 aromatic rings. The van der Waals surface area contributed by atoms with Crippen molar-refractivity contribution in [3.05, 3.63) is 63.6 Å². The number of para-hydroxylation sites is 1. The molecule has 0 radical (unpaired) electrons. The van der Waals surface area contributed by atoms with Crippen molar-refractivity contribution >= 4 is 23.2 Å². The summed E-state index contributed by atoms with van der Waals surface area (Å²) in [6, 6.07) is 13.6. The number of ether oxygens (including phenoxy) is 1. The van der Waals surface area contributed by atoms with Gasteiger partial charge in [-0.25, -0.2) is 0 Å². The highest BCUT2D eigenvalue weighted by molar-refractivity contribution is 6.33. The van der Waals surface area contributed by atoms with Crippen molar-refractivity contribution < 1.29 is 4.74 Å². The van der Waals surface area contributed by atoms with E-state index in [-0.39, 0.29) is 6.04 Å². The van der Waals surface area contributed by atoms with Crippen molar-refractivity contribution in [3.8, 4) is 5.75 Å². The number of hydrogen-bond acceptors (Lipinski definition) is 2. The maximum Gasteiger partial charge on any atom is 0.123 e. The maximum atomic E-state index is 6.16. The van der Waals surface area contributed by atoms with E-state index in [0.717, 1.165) is 16.9 Å². The van der Waals surface area contributed by atoms with Crippen LogP contribution >= 0.6 is 23.2 Å². The molecule has 0 spiro atoms. The SMILES string of the molecule is COc1ccccc1C(C)NCc1cc(Cl)ccc1Cl. The number of hydrogen-bond donors (Lipinski definition) is 1. The average Bonchev–Trinajstić information content (AvgIpc) is 2.47. The Balaban J connectivity index is 2.08. The lowest BCUT2D eigenvalue weighted by Crippen LogP contribution is -2.18. The molecule has 2 rings (SSSR count). The summed E-state index contributed by atoms with van der Waals surface area (Å²) in [4.78, 5) is 0. The zero-order valence-electron chi connectivity index (χ0n) is 11.5. The highest BCUT2D eigenvalue weighted by atomic mass is 35.5. The number of benzene rings is 2. The average molecular weight is 310 g/mol. The quantitative estimate of drug-likeness (QED) is 0.852. The molecule has 106 valence electrons. The van der Waals surface area contributed by atoms with Crippen LogP contribution in [0.1, 0.15) is 24.1 Å². The van der Waals surface area contributed by atoms with Crippen LogP contribution in [0, 0.1) is 0 Å². The molecule has 2 aromatic carbocycles. The smallest absolute Gasteiger partial charge is 0.123 e. The molecule has 0 saturated carbocycles. The fraction of sp³-hybridized carbons (Fsp3) is 0.250. The first-order chi connectivity index (χ1) is 9.61. The largest absolute Gasteiger partial charge is 0.496 e. The van der Waals surface area contributed by atoms with E-state index >= 15 is 0 Å². The standard InChI is InChI=1S/C16H17Cl2NO/c1-11(14-5-3-4-6-16(14)20-2)19-10-12-9-13(17)7-8-15(12)18/h3-9,11,19H,10H2,1-2H3. The molecule has 2 nitrogen and oxygen atoms in total. The predicted molar refractivity (Wildman–Crippen MR) is 84.7 cm³/mol. The molecule has 4 heteroatoms. The van der Waals surface area contributed by atoms with Crippen LogP contribution in [-0.4, -0.2) is 7.11 Å². The molecule has 0 saturated heterocycles. The third-order valence-corrected chi connectivity index (χ3v) is 3.82. The third kappa shape index (κ3) is 3.66. The Kier molecular flexibility index (Phi) is 5.30. The lowest BCUT2D eigenvalue weighted by Gasteiger charge is -2.17. The molecule has 1 unspecified atom stereocenters. The normalized spacial score (nSPS) is 12.2. The number of methoxy groups -OCH3 is 1. The summed E-state index contributed by atoms with van der Waals surface area (Å²) in [5.41, 5.74) is 2.11. The Bertz CT molecular complexity index is 586. The first-order valence-electron chi connectivity index (χ1n) is 6.42.